The first-order chi connectivity index (χ1) is 12.4. The molecule has 0 bridgehead atoms. The normalized spacial score (nSPS) is 10.3. The Morgan fingerprint density at radius 2 is 2.12 bits per heavy atom. The molecular formula is C18H14N4O4. The lowest BCUT2D eigenvalue weighted by Gasteiger charge is -2.12. The molecule has 2 N–H and O–H groups in total. The number of phenolic OH excluding ortho intramolecular Hbond substituents is 1. The van der Waals surface area contributed by atoms with Gasteiger partial charge in [-0.3, -0.25) is 10.1 Å². The van der Waals surface area contributed by atoms with Crippen LogP contribution in [-0.4, -0.2) is 27.1 Å². The van der Waals surface area contributed by atoms with E-state index in [4.69, 9.17) is 11.2 Å². The van der Waals surface area contributed by atoms with Crippen molar-refractivity contribution < 1.29 is 14.8 Å². The number of hydrogen-bond acceptors (Lipinski definition) is 7. The van der Waals surface area contributed by atoms with E-state index in [9.17, 15) is 15.2 Å². The van der Waals surface area contributed by atoms with Gasteiger partial charge in [0.25, 0.3) is 0 Å². The molecule has 0 aliphatic carbocycles. The van der Waals surface area contributed by atoms with E-state index in [-0.39, 0.29) is 22.5 Å². The summed E-state index contributed by atoms with van der Waals surface area (Å²) in [6.45, 7) is 1.66. The number of hydrogen-bond donors (Lipinski definition) is 2. The fourth-order valence-electron chi connectivity index (χ4n) is 2.61. The van der Waals surface area contributed by atoms with E-state index >= 15 is 0 Å². The number of aryl methyl sites for hydroxylation is 1. The first-order valence-electron chi connectivity index (χ1n) is 7.51. The van der Waals surface area contributed by atoms with Crippen molar-refractivity contribution in [3.8, 4) is 23.8 Å². The largest absolute Gasteiger partial charge is 0.499 e. The van der Waals surface area contributed by atoms with Crippen molar-refractivity contribution in [2.45, 2.75) is 6.92 Å². The standard InChI is InChI=1S/C18H14N4O4/c1-4-11-6-5-7-12(8-11)21-18-15-13(19-10(2)20-18)9-14(26-3)17(23)16(15)22(24)25/h1,5-9,23H,2-3H3,(H,19,20,21). The molecule has 3 aromatic rings. The topological polar surface area (TPSA) is 110 Å². The molecule has 0 amide bonds. The number of aromatic hydroxyl groups is 1. The number of benzene rings is 2. The lowest BCUT2D eigenvalue weighted by atomic mass is 10.1. The molecule has 1 heterocycles. The number of rotatable bonds is 4. The summed E-state index contributed by atoms with van der Waals surface area (Å²) in [6, 6.07) is 8.39. The number of ether oxygens (including phenoxy) is 1. The number of fused-ring (bicyclic) bond motifs is 1. The summed E-state index contributed by atoms with van der Waals surface area (Å²) in [5, 5.41) is 24.9. The van der Waals surface area contributed by atoms with Crippen LogP contribution in [0.5, 0.6) is 11.5 Å². The maximum Gasteiger partial charge on any atom is 0.327 e. The van der Waals surface area contributed by atoms with Gasteiger partial charge in [0, 0.05) is 17.3 Å². The van der Waals surface area contributed by atoms with E-state index < -0.39 is 16.4 Å². The highest BCUT2D eigenvalue weighted by Crippen LogP contribution is 2.44. The van der Waals surface area contributed by atoms with Crippen molar-refractivity contribution in [3.05, 3.63) is 51.8 Å². The summed E-state index contributed by atoms with van der Waals surface area (Å²) in [4.78, 5) is 19.4. The predicted molar refractivity (Wildman–Crippen MR) is 96.8 cm³/mol. The Morgan fingerprint density at radius 3 is 2.77 bits per heavy atom. The van der Waals surface area contributed by atoms with Crippen LogP contribution < -0.4 is 10.1 Å². The fraction of sp³-hybridized carbons (Fsp3) is 0.111. The molecule has 0 saturated heterocycles. The first kappa shape index (κ1) is 17.0. The molecule has 0 atom stereocenters. The number of terminal acetylenes is 1. The molecule has 0 radical (unpaired) electrons. The van der Waals surface area contributed by atoms with Gasteiger partial charge in [-0.1, -0.05) is 12.0 Å². The highest BCUT2D eigenvalue weighted by atomic mass is 16.6. The van der Waals surface area contributed by atoms with Crippen LogP contribution in [0.2, 0.25) is 0 Å². The Balaban J connectivity index is 2.29. The monoisotopic (exact) mass is 350 g/mol. The van der Waals surface area contributed by atoms with E-state index in [2.05, 4.69) is 21.2 Å². The lowest BCUT2D eigenvalue weighted by molar-refractivity contribution is -0.384. The molecule has 3 rings (SSSR count). The van der Waals surface area contributed by atoms with Gasteiger partial charge in [-0.05, 0) is 25.1 Å². The highest BCUT2D eigenvalue weighted by molar-refractivity contribution is 6.01. The molecule has 0 fully saturated rings. The molecule has 26 heavy (non-hydrogen) atoms. The second-order valence-corrected chi connectivity index (χ2v) is 5.40. The zero-order chi connectivity index (χ0) is 18.8. The van der Waals surface area contributed by atoms with Crippen LogP contribution in [0.3, 0.4) is 0 Å². The van der Waals surface area contributed by atoms with Crippen LogP contribution in [0.1, 0.15) is 11.4 Å². The average molecular weight is 350 g/mol. The Labute approximate surface area is 148 Å². The van der Waals surface area contributed by atoms with Gasteiger partial charge in [0.2, 0.25) is 5.75 Å². The van der Waals surface area contributed by atoms with Crippen molar-refractivity contribution in [2.24, 2.45) is 0 Å². The Morgan fingerprint density at radius 1 is 1.35 bits per heavy atom. The summed E-state index contributed by atoms with van der Waals surface area (Å²) < 4.78 is 5.01. The maximum absolute atomic E-state index is 11.6. The predicted octanol–water partition coefficient (Wildman–Crippen LogP) is 3.29. The minimum Gasteiger partial charge on any atom is -0.499 e. The van der Waals surface area contributed by atoms with Crippen LogP contribution in [0.25, 0.3) is 10.9 Å². The first-order valence-corrected chi connectivity index (χ1v) is 7.51. The van der Waals surface area contributed by atoms with Crippen LogP contribution in [0.4, 0.5) is 17.2 Å². The van der Waals surface area contributed by atoms with Crippen molar-refractivity contribution in [3.63, 3.8) is 0 Å². The second-order valence-electron chi connectivity index (χ2n) is 5.40. The van der Waals surface area contributed by atoms with E-state index in [1.165, 1.54) is 13.2 Å². The quantitative estimate of drug-likeness (QED) is 0.422. The number of nitrogens with one attached hydrogen (secondary N) is 1. The third kappa shape index (κ3) is 2.93. The molecule has 0 saturated carbocycles. The zero-order valence-electron chi connectivity index (χ0n) is 14.0. The summed E-state index contributed by atoms with van der Waals surface area (Å²) >= 11 is 0. The van der Waals surface area contributed by atoms with Crippen molar-refractivity contribution in [2.75, 3.05) is 12.4 Å². The number of nitrogens with zero attached hydrogens (tertiary/aromatic N) is 3. The molecule has 8 nitrogen and oxygen atoms in total. The number of phenols is 1. The van der Waals surface area contributed by atoms with E-state index in [0.717, 1.165) is 0 Å². The smallest absolute Gasteiger partial charge is 0.327 e. The summed E-state index contributed by atoms with van der Waals surface area (Å²) in [5.41, 5.74) is 0.984. The number of aromatic nitrogens is 2. The molecule has 8 heteroatoms. The lowest BCUT2D eigenvalue weighted by Crippen LogP contribution is -2.03. The number of anilines is 2. The SMILES string of the molecule is C#Cc1cccc(Nc2nc(C)nc3cc(OC)c(O)c([N+](=O)[O-])c23)c1. The third-order valence-electron chi connectivity index (χ3n) is 3.71. The van der Waals surface area contributed by atoms with Gasteiger partial charge in [-0.15, -0.1) is 6.42 Å². The van der Waals surface area contributed by atoms with Crippen LogP contribution in [0, 0.1) is 29.4 Å². The highest BCUT2D eigenvalue weighted by Gasteiger charge is 2.27. The molecule has 0 spiro atoms. The van der Waals surface area contributed by atoms with Gasteiger partial charge < -0.3 is 15.2 Å². The maximum atomic E-state index is 11.6. The number of methoxy groups -OCH3 is 1. The van der Waals surface area contributed by atoms with E-state index in [1.54, 1.807) is 31.2 Å². The van der Waals surface area contributed by atoms with E-state index in [1.807, 2.05) is 0 Å². The zero-order valence-corrected chi connectivity index (χ0v) is 14.0. The summed E-state index contributed by atoms with van der Waals surface area (Å²) in [6.07, 6.45) is 5.40. The van der Waals surface area contributed by atoms with Crippen LogP contribution in [0.15, 0.2) is 30.3 Å². The average Bonchev–Trinajstić information content (AvgIpc) is 2.61. The van der Waals surface area contributed by atoms with Gasteiger partial charge in [-0.2, -0.15) is 0 Å². The minimum absolute atomic E-state index is 0.0393. The number of nitro groups is 1. The summed E-state index contributed by atoms with van der Waals surface area (Å²) in [5.74, 6) is 2.48. The van der Waals surface area contributed by atoms with Crippen molar-refractivity contribution in [1.82, 2.24) is 9.97 Å². The summed E-state index contributed by atoms with van der Waals surface area (Å²) in [7, 11) is 1.31. The molecule has 2 aromatic carbocycles. The molecule has 0 unspecified atom stereocenters. The Hall–Kier alpha value is -3.86. The molecule has 0 aliphatic heterocycles. The molecule has 130 valence electrons. The van der Waals surface area contributed by atoms with Gasteiger partial charge in [0.05, 0.1) is 17.5 Å². The Bertz CT molecular complexity index is 1070. The van der Waals surface area contributed by atoms with Gasteiger partial charge in [-0.25, -0.2) is 9.97 Å². The Kier molecular flexibility index (Phi) is 4.29. The number of nitro benzene ring substituents is 1. The van der Waals surface area contributed by atoms with Gasteiger partial charge in [0.15, 0.2) is 5.75 Å². The van der Waals surface area contributed by atoms with E-state index in [0.29, 0.717) is 17.1 Å². The van der Waals surface area contributed by atoms with Crippen molar-refractivity contribution in [1.29, 1.82) is 0 Å². The van der Waals surface area contributed by atoms with Gasteiger partial charge in [0.1, 0.15) is 17.0 Å². The van der Waals surface area contributed by atoms with Crippen LogP contribution in [-0.2, 0) is 0 Å². The molecular weight excluding hydrogens is 336 g/mol. The minimum atomic E-state index is -0.693. The molecule has 0 aliphatic rings. The van der Waals surface area contributed by atoms with Gasteiger partial charge >= 0.3 is 5.69 Å². The van der Waals surface area contributed by atoms with Crippen molar-refractivity contribution >= 4 is 28.1 Å². The van der Waals surface area contributed by atoms with Crippen LogP contribution >= 0.6 is 0 Å². The third-order valence-corrected chi connectivity index (χ3v) is 3.71. The second kappa shape index (κ2) is 6.57. The molecule has 1 aromatic heterocycles. The fourth-order valence-corrected chi connectivity index (χ4v) is 2.61.